The Morgan fingerprint density at radius 2 is 1.74 bits per heavy atom. The van der Waals surface area contributed by atoms with Crippen molar-refractivity contribution < 1.29 is 21.6 Å². The molecule has 0 radical (unpaired) electrons. The van der Waals surface area contributed by atoms with E-state index in [4.69, 9.17) is 0 Å². The highest BCUT2D eigenvalue weighted by Crippen LogP contribution is 2.29. The van der Waals surface area contributed by atoms with Gasteiger partial charge < -0.3 is 5.32 Å². The van der Waals surface area contributed by atoms with Crippen LogP contribution in [0.5, 0.6) is 0 Å². The lowest BCUT2D eigenvalue weighted by molar-refractivity contribution is -0.137. The monoisotopic (exact) mass is 295 g/mol. The highest BCUT2D eigenvalue weighted by atomic mass is 32.2. The van der Waals surface area contributed by atoms with Crippen LogP contribution in [0.1, 0.15) is 18.9 Å². The van der Waals surface area contributed by atoms with Crippen molar-refractivity contribution in [2.75, 3.05) is 12.8 Å². The Kier molecular flexibility index (Phi) is 4.98. The van der Waals surface area contributed by atoms with E-state index in [1.165, 1.54) is 0 Å². The van der Waals surface area contributed by atoms with Gasteiger partial charge in [-0.05, 0) is 44.7 Å². The fraction of sp³-hybridized carbons (Fsp3) is 0.500. The van der Waals surface area contributed by atoms with Crippen molar-refractivity contribution in [2.45, 2.75) is 30.5 Å². The van der Waals surface area contributed by atoms with E-state index < -0.39 is 21.6 Å². The van der Waals surface area contributed by atoms with Gasteiger partial charge in [0, 0.05) is 6.04 Å². The third-order valence-corrected chi connectivity index (χ3v) is 4.62. The molecular weight excluding hydrogens is 279 g/mol. The van der Waals surface area contributed by atoms with Gasteiger partial charge in [-0.25, -0.2) is 8.42 Å². The zero-order valence-electron chi connectivity index (χ0n) is 10.7. The largest absolute Gasteiger partial charge is 0.416 e. The van der Waals surface area contributed by atoms with Crippen LogP contribution < -0.4 is 5.32 Å². The van der Waals surface area contributed by atoms with Gasteiger partial charge in [-0.15, -0.1) is 0 Å². The Morgan fingerprint density at radius 3 is 2.16 bits per heavy atom. The van der Waals surface area contributed by atoms with Crippen molar-refractivity contribution in [3.05, 3.63) is 29.8 Å². The standard InChI is InChI=1S/C12H16F3NO2S/c1-9(16-2)7-8-19(17,18)11-5-3-10(4-6-11)12(13,14)15/h3-6,9,16H,7-8H2,1-2H3. The predicted octanol–water partition coefficient (Wildman–Crippen LogP) is 2.48. The lowest BCUT2D eigenvalue weighted by atomic mass is 10.2. The van der Waals surface area contributed by atoms with Gasteiger partial charge in [-0.1, -0.05) is 0 Å². The van der Waals surface area contributed by atoms with Crippen molar-refractivity contribution in [1.82, 2.24) is 5.32 Å². The van der Waals surface area contributed by atoms with Crippen LogP contribution in [0.15, 0.2) is 29.2 Å². The van der Waals surface area contributed by atoms with Crippen LogP contribution >= 0.6 is 0 Å². The summed E-state index contributed by atoms with van der Waals surface area (Å²) in [5.41, 5.74) is -0.852. The molecule has 0 fully saturated rings. The molecule has 0 aliphatic heterocycles. The molecule has 19 heavy (non-hydrogen) atoms. The van der Waals surface area contributed by atoms with Crippen molar-refractivity contribution in [3.63, 3.8) is 0 Å². The normalized spacial score (nSPS) is 14.4. The average Bonchev–Trinajstić information content (AvgIpc) is 2.35. The first-order chi connectivity index (χ1) is 8.66. The van der Waals surface area contributed by atoms with Gasteiger partial charge in [-0.3, -0.25) is 0 Å². The summed E-state index contributed by atoms with van der Waals surface area (Å²) in [7, 11) is -1.82. The molecule has 0 aliphatic carbocycles. The first-order valence-corrected chi connectivity index (χ1v) is 7.39. The summed E-state index contributed by atoms with van der Waals surface area (Å²) < 4.78 is 60.9. The van der Waals surface area contributed by atoms with Gasteiger partial charge in [0.2, 0.25) is 0 Å². The number of rotatable bonds is 5. The molecule has 1 atom stereocenters. The number of hydrogen-bond donors (Lipinski definition) is 1. The summed E-state index contributed by atoms with van der Waals surface area (Å²) in [5, 5.41) is 2.90. The zero-order chi connectivity index (χ0) is 14.7. The molecule has 0 spiro atoms. The van der Waals surface area contributed by atoms with Gasteiger partial charge in [0.15, 0.2) is 9.84 Å². The number of halogens is 3. The molecular formula is C12H16F3NO2S. The molecule has 0 aliphatic rings. The molecule has 0 amide bonds. The van der Waals surface area contributed by atoms with Gasteiger partial charge in [-0.2, -0.15) is 13.2 Å². The summed E-state index contributed by atoms with van der Waals surface area (Å²) in [6, 6.07) is 3.61. The van der Waals surface area contributed by atoms with E-state index >= 15 is 0 Å². The Hall–Kier alpha value is -1.08. The molecule has 0 saturated carbocycles. The SMILES string of the molecule is CNC(C)CCS(=O)(=O)c1ccc(C(F)(F)F)cc1. The molecule has 108 valence electrons. The molecule has 7 heteroatoms. The molecule has 1 rings (SSSR count). The third-order valence-electron chi connectivity index (χ3n) is 2.85. The molecule has 0 heterocycles. The molecule has 1 unspecified atom stereocenters. The van der Waals surface area contributed by atoms with Crippen LogP contribution in [-0.4, -0.2) is 27.3 Å². The molecule has 1 aromatic rings. The third kappa shape index (κ3) is 4.50. The van der Waals surface area contributed by atoms with E-state index in [1.807, 2.05) is 6.92 Å². The Morgan fingerprint density at radius 1 is 1.21 bits per heavy atom. The number of nitrogens with one attached hydrogen (secondary N) is 1. The van der Waals surface area contributed by atoms with Crippen molar-refractivity contribution in [3.8, 4) is 0 Å². The van der Waals surface area contributed by atoms with Crippen LogP contribution in [-0.2, 0) is 16.0 Å². The van der Waals surface area contributed by atoms with E-state index in [9.17, 15) is 21.6 Å². The van der Waals surface area contributed by atoms with E-state index in [0.717, 1.165) is 24.3 Å². The lowest BCUT2D eigenvalue weighted by Crippen LogP contribution is -2.24. The van der Waals surface area contributed by atoms with Crippen LogP contribution in [0, 0.1) is 0 Å². The van der Waals surface area contributed by atoms with Crippen LogP contribution in [0.2, 0.25) is 0 Å². The Balaban J connectivity index is 2.85. The number of alkyl halides is 3. The quantitative estimate of drug-likeness (QED) is 0.907. The molecule has 3 nitrogen and oxygen atoms in total. The summed E-state index contributed by atoms with van der Waals surface area (Å²) >= 11 is 0. The van der Waals surface area contributed by atoms with E-state index in [-0.39, 0.29) is 16.7 Å². The molecule has 1 aromatic carbocycles. The lowest BCUT2D eigenvalue weighted by Gasteiger charge is -2.11. The second-order valence-electron chi connectivity index (χ2n) is 4.32. The Labute approximate surface area is 110 Å². The number of hydrogen-bond acceptors (Lipinski definition) is 3. The minimum Gasteiger partial charge on any atom is -0.317 e. The average molecular weight is 295 g/mol. The minimum absolute atomic E-state index is 0.0317. The zero-order valence-corrected chi connectivity index (χ0v) is 11.5. The van der Waals surface area contributed by atoms with Gasteiger partial charge >= 0.3 is 6.18 Å². The predicted molar refractivity (Wildman–Crippen MR) is 66.6 cm³/mol. The van der Waals surface area contributed by atoms with Crippen LogP contribution in [0.25, 0.3) is 0 Å². The molecule has 0 aromatic heterocycles. The number of benzene rings is 1. The van der Waals surface area contributed by atoms with Crippen LogP contribution in [0.4, 0.5) is 13.2 Å². The summed E-state index contributed by atoms with van der Waals surface area (Å²) in [6.07, 6.45) is -4.05. The maximum absolute atomic E-state index is 12.4. The first kappa shape index (κ1) is 16.0. The first-order valence-electron chi connectivity index (χ1n) is 5.74. The topological polar surface area (TPSA) is 46.2 Å². The van der Waals surface area contributed by atoms with Gasteiger partial charge in [0.25, 0.3) is 0 Å². The summed E-state index contributed by atoms with van der Waals surface area (Å²) in [4.78, 5) is -0.0798. The van der Waals surface area contributed by atoms with Crippen molar-refractivity contribution in [2.24, 2.45) is 0 Å². The van der Waals surface area contributed by atoms with E-state index in [1.54, 1.807) is 7.05 Å². The number of sulfone groups is 1. The second-order valence-corrected chi connectivity index (χ2v) is 6.43. The fourth-order valence-corrected chi connectivity index (χ4v) is 2.90. The second kappa shape index (κ2) is 5.92. The smallest absolute Gasteiger partial charge is 0.317 e. The fourth-order valence-electron chi connectivity index (χ4n) is 1.45. The Bertz CT molecular complexity index is 509. The maximum Gasteiger partial charge on any atom is 0.416 e. The van der Waals surface area contributed by atoms with E-state index in [0.29, 0.717) is 6.42 Å². The van der Waals surface area contributed by atoms with Crippen LogP contribution in [0.3, 0.4) is 0 Å². The minimum atomic E-state index is -4.46. The maximum atomic E-state index is 12.4. The molecule has 1 N–H and O–H groups in total. The summed E-state index contributed by atoms with van der Waals surface area (Å²) in [6.45, 7) is 1.84. The highest BCUT2D eigenvalue weighted by molar-refractivity contribution is 7.91. The molecule has 0 saturated heterocycles. The molecule has 0 bridgehead atoms. The van der Waals surface area contributed by atoms with Gasteiger partial charge in [0.1, 0.15) is 0 Å². The van der Waals surface area contributed by atoms with Gasteiger partial charge in [0.05, 0.1) is 16.2 Å². The van der Waals surface area contributed by atoms with Crippen molar-refractivity contribution in [1.29, 1.82) is 0 Å². The van der Waals surface area contributed by atoms with Crippen molar-refractivity contribution >= 4 is 9.84 Å². The summed E-state index contributed by atoms with van der Waals surface area (Å²) in [5.74, 6) is -0.0969. The van der Waals surface area contributed by atoms with E-state index in [2.05, 4.69) is 5.32 Å². The highest BCUT2D eigenvalue weighted by Gasteiger charge is 2.30.